The maximum Gasteiger partial charge on any atom is 0.141 e. The zero-order valence-electron chi connectivity index (χ0n) is 4.78. The topological polar surface area (TPSA) is 38.7 Å². The summed E-state index contributed by atoms with van der Waals surface area (Å²) in [6.07, 6.45) is 3.32. The van der Waals surface area contributed by atoms with E-state index in [1.54, 1.807) is 12.5 Å². The predicted molar refractivity (Wildman–Crippen MR) is 47.9 cm³/mol. The molecule has 0 saturated heterocycles. The molecule has 0 spiro atoms. The van der Waals surface area contributed by atoms with Crippen LogP contribution in [0.25, 0.3) is 10.2 Å². The molecule has 0 aliphatic rings. The Bertz CT molecular complexity index is 358. The average Bonchev–Trinajstić information content (AvgIpc) is 2.34. The van der Waals surface area contributed by atoms with Gasteiger partial charge in [0, 0.05) is 6.20 Å². The minimum absolute atomic E-state index is 0.958. The molecular weight excluding hydrogens is 261 g/mol. The Morgan fingerprint density at radius 3 is 3.20 bits per heavy atom. The van der Waals surface area contributed by atoms with Crippen LogP contribution in [0.5, 0.6) is 0 Å². The number of aromatic nitrogens is 3. The largest absolute Gasteiger partial charge is 0.243 e. The van der Waals surface area contributed by atoms with E-state index >= 15 is 0 Å². The highest BCUT2D eigenvalue weighted by Crippen LogP contribution is 2.19. The van der Waals surface area contributed by atoms with E-state index in [0.717, 1.165) is 13.9 Å². The van der Waals surface area contributed by atoms with Crippen LogP contribution in [0.3, 0.4) is 0 Å². The third-order valence-electron chi connectivity index (χ3n) is 1.10. The molecule has 0 unspecified atom stereocenters. The van der Waals surface area contributed by atoms with Gasteiger partial charge in [-0.15, -0.1) is 0 Å². The van der Waals surface area contributed by atoms with Crippen molar-refractivity contribution in [1.82, 2.24) is 14.3 Å². The molecular formula is C5H2IN3S. The minimum Gasteiger partial charge on any atom is -0.243 e. The number of hydrogen-bond donors (Lipinski definition) is 0. The lowest BCUT2D eigenvalue weighted by molar-refractivity contribution is 1.22. The Morgan fingerprint density at radius 2 is 2.40 bits per heavy atom. The van der Waals surface area contributed by atoms with Crippen LogP contribution < -0.4 is 0 Å². The van der Waals surface area contributed by atoms with Crippen LogP contribution >= 0.6 is 34.1 Å². The van der Waals surface area contributed by atoms with Gasteiger partial charge in [-0.25, -0.2) is 9.97 Å². The molecule has 2 heterocycles. The minimum atomic E-state index is 0.958. The summed E-state index contributed by atoms with van der Waals surface area (Å²) < 4.78 is 6.13. The summed E-state index contributed by atoms with van der Waals surface area (Å²) in [6.45, 7) is 0. The molecule has 0 atom stereocenters. The lowest BCUT2D eigenvalue weighted by Gasteiger charge is -1.82. The van der Waals surface area contributed by atoms with Crippen molar-refractivity contribution in [3.05, 3.63) is 16.2 Å². The molecule has 2 aromatic heterocycles. The molecule has 0 N–H and O–H groups in total. The standard InChI is InChI=1S/C5H2IN3S/c6-5-4-3(10-9-5)1-7-2-8-4/h1-2H. The Hall–Kier alpha value is -0.300. The fourth-order valence-electron chi connectivity index (χ4n) is 0.671. The Balaban J connectivity index is 2.93. The van der Waals surface area contributed by atoms with Gasteiger partial charge in [0.15, 0.2) is 0 Å². The Kier molecular flexibility index (Phi) is 1.53. The molecule has 0 radical (unpaired) electrons. The van der Waals surface area contributed by atoms with Gasteiger partial charge in [0.05, 0.1) is 4.70 Å². The number of nitrogens with zero attached hydrogens (tertiary/aromatic N) is 3. The third-order valence-corrected chi connectivity index (χ3v) is 2.95. The summed E-state index contributed by atoms with van der Waals surface area (Å²) >= 11 is 3.59. The van der Waals surface area contributed by atoms with E-state index < -0.39 is 0 Å². The normalized spacial score (nSPS) is 10.5. The Labute approximate surface area is 74.8 Å². The van der Waals surface area contributed by atoms with Gasteiger partial charge in [-0.3, -0.25) is 0 Å². The molecule has 2 rings (SSSR count). The van der Waals surface area contributed by atoms with E-state index in [1.165, 1.54) is 11.5 Å². The van der Waals surface area contributed by atoms with Crippen molar-refractivity contribution in [3.8, 4) is 0 Å². The van der Waals surface area contributed by atoms with Crippen LogP contribution in [0.2, 0.25) is 0 Å². The molecule has 0 aliphatic carbocycles. The van der Waals surface area contributed by atoms with Gasteiger partial charge < -0.3 is 0 Å². The highest BCUT2D eigenvalue weighted by Gasteiger charge is 2.01. The van der Waals surface area contributed by atoms with Crippen LogP contribution in [0.4, 0.5) is 0 Å². The average molecular weight is 263 g/mol. The van der Waals surface area contributed by atoms with Gasteiger partial charge in [-0.1, -0.05) is 0 Å². The van der Waals surface area contributed by atoms with Gasteiger partial charge >= 0.3 is 0 Å². The summed E-state index contributed by atoms with van der Waals surface area (Å²) in [5.41, 5.74) is 0.959. The summed E-state index contributed by atoms with van der Waals surface area (Å²) in [7, 11) is 0. The summed E-state index contributed by atoms with van der Waals surface area (Å²) in [5.74, 6) is 0. The van der Waals surface area contributed by atoms with Crippen molar-refractivity contribution in [2.24, 2.45) is 0 Å². The van der Waals surface area contributed by atoms with Crippen LogP contribution in [-0.2, 0) is 0 Å². The molecule has 0 saturated carbocycles. The maximum absolute atomic E-state index is 4.12. The van der Waals surface area contributed by atoms with Gasteiger partial charge in [-0.2, -0.15) is 4.37 Å². The highest BCUT2D eigenvalue weighted by molar-refractivity contribution is 14.1. The first-order valence-corrected chi connectivity index (χ1v) is 4.44. The van der Waals surface area contributed by atoms with Gasteiger partial charge in [0.25, 0.3) is 0 Å². The van der Waals surface area contributed by atoms with Crippen LogP contribution in [0, 0.1) is 3.70 Å². The fraction of sp³-hybridized carbons (Fsp3) is 0. The lowest BCUT2D eigenvalue weighted by Crippen LogP contribution is -1.76. The second-order valence-electron chi connectivity index (χ2n) is 1.71. The molecule has 5 heteroatoms. The summed E-state index contributed by atoms with van der Waals surface area (Å²) in [6, 6.07) is 0. The first-order chi connectivity index (χ1) is 4.88. The molecule has 0 aromatic carbocycles. The van der Waals surface area contributed by atoms with Gasteiger partial charge in [-0.05, 0) is 34.1 Å². The monoisotopic (exact) mass is 263 g/mol. The lowest BCUT2D eigenvalue weighted by atomic mass is 10.5. The number of halogens is 1. The van der Waals surface area contributed by atoms with Crippen molar-refractivity contribution in [3.63, 3.8) is 0 Å². The SMILES string of the molecule is Ic1nsc2cncnc12. The highest BCUT2D eigenvalue weighted by atomic mass is 127. The van der Waals surface area contributed by atoms with Crippen molar-refractivity contribution in [2.75, 3.05) is 0 Å². The Morgan fingerprint density at radius 1 is 1.50 bits per heavy atom. The molecule has 0 amide bonds. The quantitative estimate of drug-likeness (QED) is 0.679. The van der Waals surface area contributed by atoms with Crippen molar-refractivity contribution in [2.45, 2.75) is 0 Å². The van der Waals surface area contributed by atoms with E-state index in [2.05, 4.69) is 36.9 Å². The van der Waals surface area contributed by atoms with Crippen molar-refractivity contribution >= 4 is 44.3 Å². The first-order valence-electron chi connectivity index (χ1n) is 2.59. The van der Waals surface area contributed by atoms with Crippen LogP contribution in [-0.4, -0.2) is 14.3 Å². The maximum atomic E-state index is 4.12. The summed E-state index contributed by atoms with van der Waals surface area (Å²) in [5, 5.41) is 0. The molecule has 2 aromatic rings. The predicted octanol–water partition coefficient (Wildman–Crippen LogP) is 1.69. The first kappa shape index (κ1) is 6.41. The van der Waals surface area contributed by atoms with E-state index in [-0.39, 0.29) is 0 Å². The zero-order chi connectivity index (χ0) is 6.97. The third kappa shape index (κ3) is 0.891. The van der Waals surface area contributed by atoms with E-state index in [4.69, 9.17) is 0 Å². The van der Waals surface area contributed by atoms with Crippen molar-refractivity contribution in [1.29, 1.82) is 0 Å². The second kappa shape index (κ2) is 2.39. The molecule has 0 fully saturated rings. The van der Waals surface area contributed by atoms with E-state index in [9.17, 15) is 0 Å². The molecule has 10 heavy (non-hydrogen) atoms. The van der Waals surface area contributed by atoms with E-state index in [0.29, 0.717) is 0 Å². The number of fused-ring (bicyclic) bond motifs is 1. The van der Waals surface area contributed by atoms with Crippen molar-refractivity contribution < 1.29 is 0 Å². The zero-order valence-corrected chi connectivity index (χ0v) is 7.76. The number of rotatable bonds is 0. The fourth-order valence-corrected chi connectivity index (χ4v) is 2.19. The second-order valence-corrected chi connectivity index (χ2v) is 3.54. The molecule has 0 aliphatic heterocycles. The van der Waals surface area contributed by atoms with Gasteiger partial charge in [0.1, 0.15) is 15.5 Å². The smallest absolute Gasteiger partial charge is 0.141 e. The van der Waals surface area contributed by atoms with Crippen LogP contribution in [0.15, 0.2) is 12.5 Å². The van der Waals surface area contributed by atoms with Crippen LogP contribution in [0.1, 0.15) is 0 Å². The van der Waals surface area contributed by atoms with E-state index in [1.807, 2.05) is 0 Å². The molecule has 0 bridgehead atoms. The summed E-state index contributed by atoms with van der Waals surface area (Å²) in [4.78, 5) is 7.95. The molecule has 3 nitrogen and oxygen atoms in total. The number of hydrogen-bond acceptors (Lipinski definition) is 4. The van der Waals surface area contributed by atoms with Gasteiger partial charge in [0.2, 0.25) is 0 Å². The molecule has 50 valence electrons.